The summed E-state index contributed by atoms with van der Waals surface area (Å²) in [6, 6.07) is 8.67. The number of amides is 1. The van der Waals surface area contributed by atoms with Crippen LogP contribution >= 0.6 is 0 Å². The number of hydrogen-bond acceptors (Lipinski definition) is 4. The van der Waals surface area contributed by atoms with Crippen LogP contribution in [-0.2, 0) is 16.0 Å². The van der Waals surface area contributed by atoms with E-state index in [9.17, 15) is 4.79 Å². The molecule has 166 valence electrons. The number of piperidine rings is 1. The summed E-state index contributed by atoms with van der Waals surface area (Å²) < 4.78 is 5.14. The van der Waals surface area contributed by atoms with Crippen molar-refractivity contribution < 1.29 is 9.53 Å². The summed E-state index contributed by atoms with van der Waals surface area (Å²) in [6.07, 6.45) is 5.66. The van der Waals surface area contributed by atoms with Crippen molar-refractivity contribution in [3.05, 3.63) is 29.8 Å². The van der Waals surface area contributed by atoms with Crippen LogP contribution in [0.2, 0.25) is 0 Å². The molecule has 3 rings (SSSR count). The SMILES string of the molecule is CN=C(NCCCC(=O)N1CCc2ccccc21)NC1CCN(CCCOC)CC1. The van der Waals surface area contributed by atoms with Gasteiger partial charge < -0.3 is 25.2 Å². The van der Waals surface area contributed by atoms with Crippen LogP contribution in [0, 0.1) is 0 Å². The summed E-state index contributed by atoms with van der Waals surface area (Å²) in [4.78, 5) is 21.4. The lowest BCUT2D eigenvalue weighted by Crippen LogP contribution is -2.49. The van der Waals surface area contributed by atoms with Crippen molar-refractivity contribution in [3.63, 3.8) is 0 Å². The number of ether oxygens (including phenoxy) is 1. The first-order valence-corrected chi connectivity index (χ1v) is 11.3. The summed E-state index contributed by atoms with van der Waals surface area (Å²) >= 11 is 0. The van der Waals surface area contributed by atoms with Gasteiger partial charge >= 0.3 is 0 Å². The van der Waals surface area contributed by atoms with Crippen LogP contribution in [-0.4, -0.2) is 76.3 Å². The molecule has 0 spiro atoms. The lowest BCUT2D eigenvalue weighted by molar-refractivity contribution is -0.118. The largest absolute Gasteiger partial charge is 0.385 e. The van der Waals surface area contributed by atoms with Gasteiger partial charge in [-0.2, -0.15) is 0 Å². The molecule has 0 atom stereocenters. The van der Waals surface area contributed by atoms with Crippen molar-refractivity contribution in [2.24, 2.45) is 4.99 Å². The van der Waals surface area contributed by atoms with E-state index in [4.69, 9.17) is 4.74 Å². The normalized spacial score (nSPS) is 17.8. The second kappa shape index (κ2) is 11.9. The minimum atomic E-state index is 0.213. The monoisotopic (exact) mass is 415 g/mol. The number of rotatable bonds is 9. The number of methoxy groups -OCH3 is 1. The van der Waals surface area contributed by atoms with Gasteiger partial charge in [-0.05, 0) is 43.7 Å². The first-order chi connectivity index (χ1) is 14.7. The van der Waals surface area contributed by atoms with Gasteiger partial charge in [0.25, 0.3) is 0 Å². The van der Waals surface area contributed by atoms with Crippen LogP contribution in [0.1, 0.15) is 37.7 Å². The molecule has 1 amide bonds. The molecule has 1 saturated heterocycles. The van der Waals surface area contributed by atoms with Crippen molar-refractivity contribution in [2.45, 2.75) is 44.6 Å². The maximum atomic E-state index is 12.6. The molecule has 0 aromatic heterocycles. The standard InChI is InChI=1S/C23H37N5O2/c1-24-23(26-20-11-15-27(16-12-20)14-6-18-30-2)25-13-5-9-22(29)28-17-10-19-7-3-4-8-21(19)28/h3-4,7-8,20H,5-6,9-18H2,1-2H3,(H2,24,25,26). The molecule has 1 aromatic rings. The first kappa shape index (κ1) is 22.6. The maximum absolute atomic E-state index is 12.6. The lowest BCUT2D eigenvalue weighted by atomic mass is 10.1. The van der Waals surface area contributed by atoms with Gasteiger partial charge in [-0.15, -0.1) is 0 Å². The van der Waals surface area contributed by atoms with Gasteiger partial charge in [-0.1, -0.05) is 18.2 Å². The highest BCUT2D eigenvalue weighted by Crippen LogP contribution is 2.27. The molecule has 7 nitrogen and oxygen atoms in total. The van der Waals surface area contributed by atoms with Crippen molar-refractivity contribution >= 4 is 17.6 Å². The molecular weight excluding hydrogens is 378 g/mol. The Bertz CT molecular complexity index is 701. The van der Waals surface area contributed by atoms with E-state index in [1.54, 1.807) is 7.11 Å². The number of likely N-dealkylation sites (tertiary alicyclic amines) is 1. The Balaban J connectivity index is 1.31. The third-order valence-corrected chi connectivity index (χ3v) is 6.02. The van der Waals surface area contributed by atoms with Gasteiger partial charge in [0, 0.05) is 71.6 Å². The summed E-state index contributed by atoms with van der Waals surface area (Å²) in [5, 5.41) is 6.91. The van der Waals surface area contributed by atoms with E-state index in [-0.39, 0.29) is 5.91 Å². The van der Waals surface area contributed by atoms with E-state index < -0.39 is 0 Å². The predicted octanol–water partition coefficient (Wildman–Crippen LogP) is 2.02. The molecular formula is C23H37N5O2. The second-order valence-electron chi connectivity index (χ2n) is 8.13. The fourth-order valence-corrected chi connectivity index (χ4v) is 4.30. The highest BCUT2D eigenvalue weighted by Gasteiger charge is 2.23. The highest BCUT2D eigenvalue weighted by molar-refractivity contribution is 5.95. The average molecular weight is 416 g/mol. The van der Waals surface area contributed by atoms with Crippen LogP contribution in [0.3, 0.4) is 0 Å². The number of fused-ring (bicyclic) bond motifs is 1. The number of hydrogen-bond donors (Lipinski definition) is 2. The highest BCUT2D eigenvalue weighted by atomic mass is 16.5. The average Bonchev–Trinajstić information content (AvgIpc) is 3.21. The molecule has 0 bridgehead atoms. The Kier molecular flexibility index (Phi) is 8.96. The third-order valence-electron chi connectivity index (χ3n) is 6.02. The molecule has 1 aromatic carbocycles. The Morgan fingerprint density at radius 3 is 2.77 bits per heavy atom. The second-order valence-corrected chi connectivity index (χ2v) is 8.13. The van der Waals surface area contributed by atoms with Crippen molar-refractivity contribution in [1.82, 2.24) is 15.5 Å². The van der Waals surface area contributed by atoms with Gasteiger partial charge in [-0.25, -0.2) is 0 Å². The minimum Gasteiger partial charge on any atom is -0.385 e. The topological polar surface area (TPSA) is 69.2 Å². The smallest absolute Gasteiger partial charge is 0.227 e. The van der Waals surface area contributed by atoms with Crippen molar-refractivity contribution in [3.8, 4) is 0 Å². The zero-order valence-corrected chi connectivity index (χ0v) is 18.5. The van der Waals surface area contributed by atoms with E-state index in [0.717, 1.165) is 83.1 Å². The van der Waals surface area contributed by atoms with Gasteiger partial charge in [0.2, 0.25) is 5.91 Å². The van der Waals surface area contributed by atoms with E-state index >= 15 is 0 Å². The van der Waals surface area contributed by atoms with E-state index in [1.807, 2.05) is 30.1 Å². The van der Waals surface area contributed by atoms with Gasteiger partial charge in [0.1, 0.15) is 0 Å². The Morgan fingerprint density at radius 2 is 2.00 bits per heavy atom. The molecule has 2 aliphatic rings. The first-order valence-electron chi connectivity index (χ1n) is 11.3. The summed E-state index contributed by atoms with van der Waals surface area (Å²) in [5.41, 5.74) is 2.36. The molecule has 0 unspecified atom stereocenters. The van der Waals surface area contributed by atoms with Crippen LogP contribution in [0.15, 0.2) is 29.3 Å². The molecule has 0 saturated carbocycles. The number of carbonyl (C=O) groups is 1. The number of anilines is 1. The number of nitrogens with zero attached hydrogens (tertiary/aromatic N) is 3. The zero-order valence-electron chi connectivity index (χ0n) is 18.5. The van der Waals surface area contributed by atoms with Gasteiger partial charge in [0.15, 0.2) is 5.96 Å². The van der Waals surface area contributed by atoms with Gasteiger partial charge in [0.05, 0.1) is 0 Å². The van der Waals surface area contributed by atoms with Gasteiger partial charge in [-0.3, -0.25) is 9.79 Å². The van der Waals surface area contributed by atoms with E-state index in [1.165, 1.54) is 5.56 Å². The molecule has 2 N–H and O–H groups in total. The van der Waals surface area contributed by atoms with E-state index in [2.05, 4.69) is 26.6 Å². The Hall–Kier alpha value is -2.12. The molecule has 0 radical (unpaired) electrons. The van der Waals surface area contributed by atoms with Crippen LogP contribution < -0.4 is 15.5 Å². The minimum absolute atomic E-state index is 0.213. The fourth-order valence-electron chi connectivity index (χ4n) is 4.30. The predicted molar refractivity (Wildman–Crippen MR) is 122 cm³/mol. The van der Waals surface area contributed by atoms with Crippen LogP contribution in [0.5, 0.6) is 0 Å². The molecule has 2 heterocycles. The molecule has 1 fully saturated rings. The van der Waals surface area contributed by atoms with Crippen molar-refractivity contribution in [2.75, 3.05) is 58.4 Å². The number of carbonyl (C=O) groups excluding carboxylic acids is 1. The molecule has 7 heteroatoms. The van der Waals surface area contributed by atoms with E-state index in [0.29, 0.717) is 12.5 Å². The third kappa shape index (κ3) is 6.44. The maximum Gasteiger partial charge on any atom is 0.227 e. The number of nitrogens with one attached hydrogen (secondary N) is 2. The Morgan fingerprint density at radius 1 is 1.20 bits per heavy atom. The molecule has 30 heavy (non-hydrogen) atoms. The summed E-state index contributed by atoms with van der Waals surface area (Å²) in [5.74, 6) is 1.05. The number of para-hydroxylation sites is 1. The summed E-state index contributed by atoms with van der Waals surface area (Å²) in [6.45, 7) is 5.73. The van der Waals surface area contributed by atoms with Crippen molar-refractivity contribution in [1.29, 1.82) is 0 Å². The Labute approximate surface area is 180 Å². The van der Waals surface area contributed by atoms with Crippen LogP contribution in [0.4, 0.5) is 5.69 Å². The fraction of sp³-hybridized carbons (Fsp3) is 0.652. The summed E-state index contributed by atoms with van der Waals surface area (Å²) in [7, 11) is 3.57. The molecule has 0 aliphatic carbocycles. The number of aliphatic imine (C=N–C) groups is 1. The zero-order chi connectivity index (χ0) is 21.2. The number of benzene rings is 1. The number of guanidine groups is 1. The molecule has 2 aliphatic heterocycles. The van der Waals surface area contributed by atoms with Crippen LogP contribution in [0.25, 0.3) is 0 Å². The quantitative estimate of drug-likeness (QED) is 0.367. The lowest BCUT2D eigenvalue weighted by Gasteiger charge is -2.33.